The van der Waals surface area contributed by atoms with Crippen LogP contribution >= 0.6 is 0 Å². The maximum absolute atomic E-state index is 4.82. The SMILES string of the molecule is CCNC(C)c1cnc(C2CCCCCCC2)nc1C. The van der Waals surface area contributed by atoms with Gasteiger partial charge in [0, 0.05) is 29.4 Å². The molecule has 1 atom stereocenters. The highest BCUT2D eigenvalue weighted by molar-refractivity contribution is 5.20. The normalized spacial score (nSPS) is 19.4. The molecular formula is C17H29N3. The lowest BCUT2D eigenvalue weighted by atomic mass is 9.90. The molecule has 1 unspecified atom stereocenters. The van der Waals surface area contributed by atoms with E-state index in [0.29, 0.717) is 12.0 Å². The molecule has 1 aliphatic carbocycles. The summed E-state index contributed by atoms with van der Waals surface area (Å²) >= 11 is 0. The van der Waals surface area contributed by atoms with Crippen LogP contribution in [0, 0.1) is 6.92 Å². The standard InChI is InChI=1S/C17H29N3/c1-4-18-13(2)16-12-19-17(20-14(16)3)15-10-8-6-5-7-9-11-15/h12-13,15,18H,4-11H2,1-3H3. The van der Waals surface area contributed by atoms with Crippen LogP contribution in [0.25, 0.3) is 0 Å². The second-order valence-electron chi connectivity index (χ2n) is 6.09. The van der Waals surface area contributed by atoms with Crippen LogP contribution in [-0.4, -0.2) is 16.5 Å². The van der Waals surface area contributed by atoms with Crippen LogP contribution in [0.1, 0.15) is 87.8 Å². The van der Waals surface area contributed by atoms with E-state index in [0.717, 1.165) is 18.1 Å². The molecule has 3 heteroatoms. The Kier molecular flexibility index (Phi) is 5.96. The van der Waals surface area contributed by atoms with Crippen molar-refractivity contribution in [3.05, 3.63) is 23.3 Å². The number of aryl methyl sites for hydroxylation is 1. The van der Waals surface area contributed by atoms with Gasteiger partial charge in [0.05, 0.1) is 0 Å². The summed E-state index contributed by atoms with van der Waals surface area (Å²) in [7, 11) is 0. The molecule has 1 fully saturated rings. The fourth-order valence-electron chi connectivity index (χ4n) is 3.25. The maximum Gasteiger partial charge on any atom is 0.131 e. The van der Waals surface area contributed by atoms with E-state index in [9.17, 15) is 0 Å². The number of nitrogens with one attached hydrogen (secondary N) is 1. The summed E-state index contributed by atoms with van der Waals surface area (Å²) in [6, 6.07) is 0.339. The average molecular weight is 275 g/mol. The van der Waals surface area contributed by atoms with Crippen molar-refractivity contribution >= 4 is 0 Å². The minimum atomic E-state index is 0.339. The predicted molar refractivity (Wildman–Crippen MR) is 83.9 cm³/mol. The summed E-state index contributed by atoms with van der Waals surface area (Å²) in [6.45, 7) is 7.42. The fourth-order valence-corrected chi connectivity index (χ4v) is 3.25. The zero-order valence-corrected chi connectivity index (χ0v) is 13.3. The Morgan fingerprint density at radius 1 is 1.20 bits per heavy atom. The molecule has 0 amide bonds. The van der Waals surface area contributed by atoms with Crippen LogP contribution in [0.3, 0.4) is 0 Å². The van der Waals surface area contributed by atoms with Crippen molar-refractivity contribution in [2.24, 2.45) is 0 Å². The summed E-state index contributed by atoms with van der Waals surface area (Å²) in [6.07, 6.45) is 11.4. The van der Waals surface area contributed by atoms with E-state index in [2.05, 4.69) is 31.1 Å². The summed E-state index contributed by atoms with van der Waals surface area (Å²) in [5, 5.41) is 3.44. The summed E-state index contributed by atoms with van der Waals surface area (Å²) in [5.41, 5.74) is 2.38. The van der Waals surface area contributed by atoms with Gasteiger partial charge in [-0.05, 0) is 33.2 Å². The van der Waals surface area contributed by atoms with Gasteiger partial charge in [-0.15, -0.1) is 0 Å². The number of rotatable bonds is 4. The van der Waals surface area contributed by atoms with Crippen LogP contribution in [0.15, 0.2) is 6.20 Å². The Bertz CT molecular complexity index is 409. The highest BCUT2D eigenvalue weighted by atomic mass is 14.9. The summed E-state index contributed by atoms with van der Waals surface area (Å²) in [5.74, 6) is 1.66. The highest BCUT2D eigenvalue weighted by Crippen LogP contribution is 2.29. The van der Waals surface area contributed by atoms with E-state index in [-0.39, 0.29) is 0 Å². The largest absolute Gasteiger partial charge is 0.310 e. The van der Waals surface area contributed by atoms with E-state index in [1.165, 1.54) is 50.5 Å². The van der Waals surface area contributed by atoms with Gasteiger partial charge in [0.2, 0.25) is 0 Å². The van der Waals surface area contributed by atoms with Crippen LogP contribution < -0.4 is 5.32 Å². The van der Waals surface area contributed by atoms with Crippen molar-refractivity contribution in [2.75, 3.05) is 6.54 Å². The van der Waals surface area contributed by atoms with Crippen molar-refractivity contribution in [1.82, 2.24) is 15.3 Å². The third-order valence-corrected chi connectivity index (χ3v) is 4.48. The molecule has 1 aliphatic rings. The van der Waals surface area contributed by atoms with Gasteiger partial charge in [0.15, 0.2) is 0 Å². The fraction of sp³-hybridized carbons (Fsp3) is 0.765. The Morgan fingerprint density at radius 3 is 2.45 bits per heavy atom. The first-order valence-electron chi connectivity index (χ1n) is 8.29. The third-order valence-electron chi connectivity index (χ3n) is 4.48. The molecule has 0 aromatic carbocycles. The molecule has 2 rings (SSSR count). The van der Waals surface area contributed by atoms with Crippen molar-refractivity contribution in [3.8, 4) is 0 Å². The van der Waals surface area contributed by atoms with Gasteiger partial charge in [0.25, 0.3) is 0 Å². The highest BCUT2D eigenvalue weighted by Gasteiger charge is 2.18. The smallest absolute Gasteiger partial charge is 0.131 e. The average Bonchev–Trinajstić information content (AvgIpc) is 2.38. The molecule has 0 saturated heterocycles. The van der Waals surface area contributed by atoms with Gasteiger partial charge >= 0.3 is 0 Å². The lowest BCUT2D eigenvalue weighted by molar-refractivity contribution is 0.440. The number of nitrogens with zero attached hydrogens (tertiary/aromatic N) is 2. The molecule has 1 aromatic heterocycles. The Labute approximate surface area is 123 Å². The Balaban J connectivity index is 2.10. The zero-order valence-electron chi connectivity index (χ0n) is 13.3. The molecular weight excluding hydrogens is 246 g/mol. The Morgan fingerprint density at radius 2 is 1.85 bits per heavy atom. The van der Waals surface area contributed by atoms with Crippen LogP contribution in [0.4, 0.5) is 0 Å². The lowest BCUT2D eigenvalue weighted by Crippen LogP contribution is -2.20. The molecule has 1 aromatic rings. The Hall–Kier alpha value is -0.960. The summed E-state index contributed by atoms with van der Waals surface area (Å²) < 4.78 is 0. The lowest BCUT2D eigenvalue weighted by Gasteiger charge is -2.20. The first-order chi connectivity index (χ1) is 9.72. The van der Waals surface area contributed by atoms with Crippen molar-refractivity contribution < 1.29 is 0 Å². The molecule has 0 bridgehead atoms. The van der Waals surface area contributed by atoms with Gasteiger partial charge in [-0.2, -0.15) is 0 Å². The topological polar surface area (TPSA) is 37.8 Å². The molecule has 0 spiro atoms. The first kappa shape index (κ1) is 15.4. The minimum absolute atomic E-state index is 0.339. The first-order valence-corrected chi connectivity index (χ1v) is 8.29. The quantitative estimate of drug-likeness (QED) is 0.891. The van der Waals surface area contributed by atoms with E-state index >= 15 is 0 Å². The monoisotopic (exact) mass is 275 g/mol. The van der Waals surface area contributed by atoms with Crippen molar-refractivity contribution in [2.45, 2.75) is 77.7 Å². The second kappa shape index (κ2) is 7.72. The minimum Gasteiger partial charge on any atom is -0.310 e. The molecule has 3 nitrogen and oxygen atoms in total. The van der Waals surface area contributed by atoms with Gasteiger partial charge in [-0.1, -0.05) is 39.0 Å². The number of hydrogen-bond acceptors (Lipinski definition) is 3. The zero-order chi connectivity index (χ0) is 14.4. The molecule has 1 saturated carbocycles. The number of hydrogen-bond donors (Lipinski definition) is 1. The maximum atomic E-state index is 4.82. The van der Waals surface area contributed by atoms with Gasteiger partial charge in [0.1, 0.15) is 5.82 Å². The van der Waals surface area contributed by atoms with E-state index in [1.54, 1.807) is 0 Å². The van der Waals surface area contributed by atoms with Crippen LogP contribution in [-0.2, 0) is 0 Å². The second-order valence-corrected chi connectivity index (χ2v) is 6.09. The molecule has 0 radical (unpaired) electrons. The van der Waals surface area contributed by atoms with Crippen molar-refractivity contribution in [1.29, 1.82) is 0 Å². The van der Waals surface area contributed by atoms with Crippen LogP contribution in [0.5, 0.6) is 0 Å². The molecule has 1 heterocycles. The van der Waals surface area contributed by atoms with Crippen LogP contribution in [0.2, 0.25) is 0 Å². The van der Waals surface area contributed by atoms with E-state index < -0.39 is 0 Å². The number of aromatic nitrogens is 2. The van der Waals surface area contributed by atoms with Crippen molar-refractivity contribution in [3.63, 3.8) is 0 Å². The molecule has 0 aliphatic heterocycles. The van der Waals surface area contributed by atoms with E-state index in [1.807, 2.05) is 6.20 Å². The van der Waals surface area contributed by atoms with Gasteiger partial charge in [-0.25, -0.2) is 9.97 Å². The van der Waals surface area contributed by atoms with E-state index in [4.69, 9.17) is 4.98 Å². The van der Waals surface area contributed by atoms with Gasteiger partial charge in [-0.3, -0.25) is 0 Å². The van der Waals surface area contributed by atoms with Gasteiger partial charge < -0.3 is 5.32 Å². The molecule has 112 valence electrons. The molecule has 20 heavy (non-hydrogen) atoms. The summed E-state index contributed by atoms with van der Waals surface area (Å²) in [4.78, 5) is 9.51. The third kappa shape index (κ3) is 4.02. The molecule has 1 N–H and O–H groups in total. The predicted octanol–water partition coefficient (Wildman–Crippen LogP) is 4.28.